The van der Waals surface area contributed by atoms with Crippen LogP contribution in [0.1, 0.15) is 21.3 Å². The SMILES string of the molecule is O=C(NCC(c1cccs1)n1cccn1)c1ccccc1Oc1ccccc1. The standard InChI is InChI=1S/C22H19N3O2S/c26-22(18-10-4-5-11-20(18)27-17-8-2-1-3-9-17)23-16-19(21-12-6-15-28-21)25-14-7-13-24-25/h1-15,19H,16H2,(H,23,26). The molecule has 2 aromatic carbocycles. The van der Waals surface area contributed by atoms with Gasteiger partial charge in [0.1, 0.15) is 17.5 Å². The van der Waals surface area contributed by atoms with Crippen LogP contribution in [-0.4, -0.2) is 22.2 Å². The first-order valence-corrected chi connectivity index (χ1v) is 9.82. The second-order valence-electron chi connectivity index (χ2n) is 6.14. The summed E-state index contributed by atoms with van der Waals surface area (Å²) >= 11 is 1.64. The van der Waals surface area contributed by atoms with E-state index in [0.717, 1.165) is 4.88 Å². The number of aromatic nitrogens is 2. The highest BCUT2D eigenvalue weighted by Gasteiger charge is 2.18. The first-order chi connectivity index (χ1) is 13.8. The summed E-state index contributed by atoms with van der Waals surface area (Å²) in [5.41, 5.74) is 0.497. The number of ether oxygens (including phenoxy) is 1. The van der Waals surface area contributed by atoms with Crippen LogP contribution in [0.2, 0.25) is 0 Å². The van der Waals surface area contributed by atoms with Crippen LogP contribution < -0.4 is 10.1 Å². The van der Waals surface area contributed by atoms with E-state index in [1.54, 1.807) is 29.7 Å². The lowest BCUT2D eigenvalue weighted by Gasteiger charge is -2.18. The summed E-state index contributed by atoms with van der Waals surface area (Å²) in [4.78, 5) is 14.0. The van der Waals surface area contributed by atoms with Crippen LogP contribution in [0.3, 0.4) is 0 Å². The fourth-order valence-corrected chi connectivity index (χ4v) is 3.73. The Balaban J connectivity index is 1.51. The molecule has 0 spiro atoms. The molecular weight excluding hydrogens is 370 g/mol. The Bertz CT molecular complexity index is 981. The van der Waals surface area contributed by atoms with E-state index in [9.17, 15) is 4.79 Å². The van der Waals surface area contributed by atoms with Gasteiger partial charge in [-0.2, -0.15) is 5.10 Å². The van der Waals surface area contributed by atoms with Crippen LogP contribution >= 0.6 is 11.3 Å². The molecule has 0 aliphatic carbocycles. The van der Waals surface area contributed by atoms with E-state index in [2.05, 4.69) is 16.5 Å². The molecule has 2 aromatic heterocycles. The quantitative estimate of drug-likeness (QED) is 0.496. The largest absolute Gasteiger partial charge is 0.457 e. The van der Waals surface area contributed by atoms with Gasteiger partial charge < -0.3 is 10.1 Å². The molecule has 0 radical (unpaired) electrons. The Labute approximate surface area is 167 Å². The molecule has 2 heterocycles. The minimum atomic E-state index is -0.180. The molecular formula is C22H19N3O2S. The number of carbonyl (C=O) groups is 1. The van der Waals surface area contributed by atoms with Crippen LogP contribution in [-0.2, 0) is 0 Å². The lowest BCUT2D eigenvalue weighted by molar-refractivity contribution is 0.0947. The van der Waals surface area contributed by atoms with E-state index in [1.807, 2.05) is 70.9 Å². The van der Waals surface area contributed by atoms with Gasteiger partial charge in [-0.15, -0.1) is 11.3 Å². The third kappa shape index (κ3) is 4.13. The number of para-hydroxylation sites is 2. The lowest BCUT2D eigenvalue weighted by atomic mass is 10.1. The second-order valence-corrected chi connectivity index (χ2v) is 7.12. The predicted molar refractivity (Wildman–Crippen MR) is 110 cm³/mol. The van der Waals surface area contributed by atoms with Gasteiger partial charge in [-0.05, 0) is 41.8 Å². The van der Waals surface area contributed by atoms with Gasteiger partial charge in [0, 0.05) is 23.8 Å². The minimum absolute atomic E-state index is 0.0545. The highest BCUT2D eigenvalue weighted by Crippen LogP contribution is 2.26. The van der Waals surface area contributed by atoms with Crippen LogP contribution in [0.5, 0.6) is 11.5 Å². The lowest BCUT2D eigenvalue weighted by Crippen LogP contribution is -2.31. The first-order valence-electron chi connectivity index (χ1n) is 8.94. The molecule has 28 heavy (non-hydrogen) atoms. The number of rotatable bonds is 7. The predicted octanol–water partition coefficient (Wildman–Crippen LogP) is 4.76. The zero-order valence-corrected chi connectivity index (χ0v) is 15.9. The topological polar surface area (TPSA) is 56.2 Å². The molecule has 0 saturated carbocycles. The third-order valence-corrected chi connectivity index (χ3v) is 5.25. The number of amides is 1. The van der Waals surface area contributed by atoms with Crippen LogP contribution in [0.25, 0.3) is 0 Å². The number of nitrogens with zero attached hydrogens (tertiary/aromatic N) is 2. The van der Waals surface area contributed by atoms with Gasteiger partial charge in [0.05, 0.1) is 5.56 Å². The molecule has 1 amide bonds. The summed E-state index contributed by atoms with van der Waals surface area (Å²) in [6.07, 6.45) is 3.65. The van der Waals surface area contributed by atoms with Crippen molar-refractivity contribution in [1.29, 1.82) is 0 Å². The van der Waals surface area contributed by atoms with Crippen molar-refractivity contribution in [3.05, 3.63) is 101 Å². The smallest absolute Gasteiger partial charge is 0.255 e. The van der Waals surface area contributed by atoms with Gasteiger partial charge in [0.25, 0.3) is 5.91 Å². The molecule has 4 rings (SSSR count). The Morgan fingerprint density at radius 3 is 2.61 bits per heavy atom. The summed E-state index contributed by atoms with van der Waals surface area (Å²) in [7, 11) is 0. The molecule has 5 nitrogen and oxygen atoms in total. The molecule has 140 valence electrons. The highest BCUT2D eigenvalue weighted by molar-refractivity contribution is 7.10. The minimum Gasteiger partial charge on any atom is -0.457 e. The summed E-state index contributed by atoms with van der Waals surface area (Å²) < 4.78 is 7.77. The van der Waals surface area contributed by atoms with E-state index < -0.39 is 0 Å². The van der Waals surface area contributed by atoms with Crippen molar-refractivity contribution in [2.24, 2.45) is 0 Å². The van der Waals surface area contributed by atoms with Crippen molar-refractivity contribution in [3.8, 4) is 11.5 Å². The average Bonchev–Trinajstić information content (AvgIpc) is 3.44. The van der Waals surface area contributed by atoms with Crippen molar-refractivity contribution in [1.82, 2.24) is 15.1 Å². The molecule has 0 aliphatic heterocycles. The molecule has 1 N–H and O–H groups in total. The number of hydrogen-bond donors (Lipinski definition) is 1. The van der Waals surface area contributed by atoms with Crippen molar-refractivity contribution >= 4 is 17.2 Å². The molecule has 1 unspecified atom stereocenters. The molecule has 6 heteroatoms. The summed E-state index contributed by atoms with van der Waals surface area (Å²) in [5.74, 6) is 1.04. The number of thiophene rings is 1. The number of benzene rings is 2. The fourth-order valence-electron chi connectivity index (χ4n) is 2.91. The fraction of sp³-hybridized carbons (Fsp3) is 0.0909. The van der Waals surface area contributed by atoms with Crippen molar-refractivity contribution < 1.29 is 9.53 Å². The average molecular weight is 389 g/mol. The molecule has 1 atom stereocenters. The van der Waals surface area contributed by atoms with Crippen LogP contribution in [0.4, 0.5) is 0 Å². The van der Waals surface area contributed by atoms with E-state index >= 15 is 0 Å². The molecule has 0 bridgehead atoms. The maximum Gasteiger partial charge on any atom is 0.255 e. The summed E-state index contributed by atoms with van der Waals surface area (Å²) in [6, 6.07) is 22.6. The Hall–Kier alpha value is -3.38. The van der Waals surface area contributed by atoms with Crippen LogP contribution in [0.15, 0.2) is 90.6 Å². The van der Waals surface area contributed by atoms with E-state index in [0.29, 0.717) is 23.6 Å². The molecule has 0 aliphatic rings. The Kier molecular flexibility index (Phi) is 5.49. The molecule has 0 fully saturated rings. The van der Waals surface area contributed by atoms with E-state index in [-0.39, 0.29) is 11.9 Å². The summed E-state index contributed by atoms with van der Waals surface area (Å²) in [5, 5.41) is 9.40. The van der Waals surface area contributed by atoms with Gasteiger partial charge in [0.15, 0.2) is 0 Å². The molecule has 0 saturated heterocycles. The Morgan fingerprint density at radius 2 is 1.86 bits per heavy atom. The highest BCUT2D eigenvalue weighted by atomic mass is 32.1. The number of nitrogens with one attached hydrogen (secondary N) is 1. The molecule has 4 aromatic rings. The normalized spacial score (nSPS) is 11.7. The van der Waals surface area contributed by atoms with Gasteiger partial charge in [0.2, 0.25) is 0 Å². The number of carbonyl (C=O) groups excluding carboxylic acids is 1. The Morgan fingerprint density at radius 1 is 1.04 bits per heavy atom. The second kappa shape index (κ2) is 8.54. The third-order valence-electron chi connectivity index (χ3n) is 4.27. The maximum absolute atomic E-state index is 12.9. The van der Waals surface area contributed by atoms with Crippen molar-refractivity contribution in [2.45, 2.75) is 6.04 Å². The monoisotopic (exact) mass is 389 g/mol. The van der Waals surface area contributed by atoms with Crippen LogP contribution in [0, 0.1) is 0 Å². The first kappa shape index (κ1) is 18.0. The van der Waals surface area contributed by atoms with Gasteiger partial charge in [-0.25, -0.2) is 0 Å². The summed E-state index contributed by atoms with van der Waals surface area (Å²) in [6.45, 7) is 0.431. The van der Waals surface area contributed by atoms with Crippen molar-refractivity contribution in [2.75, 3.05) is 6.54 Å². The zero-order valence-electron chi connectivity index (χ0n) is 15.1. The van der Waals surface area contributed by atoms with Gasteiger partial charge in [-0.3, -0.25) is 9.48 Å². The van der Waals surface area contributed by atoms with E-state index in [1.165, 1.54) is 0 Å². The van der Waals surface area contributed by atoms with E-state index in [4.69, 9.17) is 4.74 Å². The van der Waals surface area contributed by atoms with Gasteiger partial charge in [-0.1, -0.05) is 36.4 Å². The maximum atomic E-state index is 12.9. The number of hydrogen-bond acceptors (Lipinski definition) is 4. The van der Waals surface area contributed by atoms with Gasteiger partial charge >= 0.3 is 0 Å². The van der Waals surface area contributed by atoms with Crippen molar-refractivity contribution in [3.63, 3.8) is 0 Å². The zero-order chi connectivity index (χ0) is 19.2.